The second-order valence-corrected chi connectivity index (χ2v) is 8.88. The van der Waals surface area contributed by atoms with Gasteiger partial charge in [-0.05, 0) is 73.3 Å². The van der Waals surface area contributed by atoms with Crippen molar-refractivity contribution in [2.75, 3.05) is 0 Å². The molecule has 3 N–H and O–H groups in total. The van der Waals surface area contributed by atoms with Crippen LogP contribution >= 0.6 is 0 Å². The lowest BCUT2D eigenvalue weighted by Crippen LogP contribution is -2.58. The highest BCUT2D eigenvalue weighted by molar-refractivity contribution is 6.07. The number of aromatic nitrogens is 1. The van der Waals surface area contributed by atoms with E-state index in [1.165, 1.54) is 21.9 Å². The Bertz CT molecular complexity index is 1080. The minimum atomic E-state index is -1.10. The monoisotopic (exact) mass is 363 g/mol. The van der Waals surface area contributed by atoms with Crippen molar-refractivity contribution < 1.29 is 15.0 Å². The van der Waals surface area contributed by atoms with Crippen LogP contribution in [0.2, 0.25) is 0 Å². The van der Waals surface area contributed by atoms with E-state index in [2.05, 4.69) is 42.2 Å². The standard InChI is InChI=1S/C23H25NO3/c1-22-10-9-20(25)23(2,21(26)27)19(22)8-7-13-11-18-15(12-16(13)22)14-5-3-4-6-17(14)24-18/h3-6,11-12,19-20,24-25H,7-10H2,1-2H3,(H,26,27)/t19-,20+,22?,23?/m1/s1. The topological polar surface area (TPSA) is 73.3 Å². The molecule has 1 saturated carbocycles. The second-order valence-electron chi connectivity index (χ2n) is 8.88. The molecule has 2 aromatic carbocycles. The van der Waals surface area contributed by atoms with E-state index in [1.54, 1.807) is 6.92 Å². The van der Waals surface area contributed by atoms with Crippen molar-refractivity contribution in [1.29, 1.82) is 0 Å². The SMILES string of the molecule is CC12CC[C@H](O)C(C)(C(=O)O)[C@@H]1CCc1cc3[nH]c4ccccc4c3cc12. The Morgan fingerprint density at radius 1 is 1.11 bits per heavy atom. The van der Waals surface area contributed by atoms with E-state index in [0.717, 1.165) is 30.3 Å². The Kier molecular flexibility index (Phi) is 3.33. The molecule has 1 fully saturated rings. The van der Waals surface area contributed by atoms with E-state index >= 15 is 0 Å². The molecule has 5 rings (SSSR count). The summed E-state index contributed by atoms with van der Waals surface area (Å²) >= 11 is 0. The number of hydrogen-bond donors (Lipinski definition) is 3. The quantitative estimate of drug-likeness (QED) is 0.600. The summed E-state index contributed by atoms with van der Waals surface area (Å²) in [6.45, 7) is 3.96. The summed E-state index contributed by atoms with van der Waals surface area (Å²) in [4.78, 5) is 15.7. The fraction of sp³-hybridized carbons (Fsp3) is 0.435. The van der Waals surface area contributed by atoms with E-state index in [1.807, 2.05) is 6.07 Å². The van der Waals surface area contributed by atoms with Gasteiger partial charge in [0.2, 0.25) is 0 Å². The first-order chi connectivity index (χ1) is 12.9. The van der Waals surface area contributed by atoms with Crippen molar-refractivity contribution in [2.24, 2.45) is 11.3 Å². The van der Waals surface area contributed by atoms with E-state index in [-0.39, 0.29) is 11.3 Å². The number of aliphatic carboxylic acids is 1. The average molecular weight is 363 g/mol. The summed E-state index contributed by atoms with van der Waals surface area (Å²) in [7, 11) is 0. The average Bonchev–Trinajstić information content (AvgIpc) is 3.01. The van der Waals surface area contributed by atoms with Gasteiger partial charge in [0.1, 0.15) is 0 Å². The summed E-state index contributed by atoms with van der Waals surface area (Å²) in [5.41, 5.74) is 3.54. The molecule has 0 saturated heterocycles. The molecule has 4 heteroatoms. The van der Waals surface area contributed by atoms with Crippen LogP contribution in [0.25, 0.3) is 21.8 Å². The summed E-state index contributed by atoms with van der Waals surface area (Å²) in [5.74, 6) is -0.941. The first-order valence-corrected chi connectivity index (χ1v) is 9.81. The van der Waals surface area contributed by atoms with Crippen molar-refractivity contribution in [3.63, 3.8) is 0 Å². The number of benzene rings is 2. The van der Waals surface area contributed by atoms with Crippen molar-refractivity contribution in [2.45, 2.75) is 51.0 Å². The largest absolute Gasteiger partial charge is 0.481 e. The van der Waals surface area contributed by atoms with Crippen molar-refractivity contribution >= 4 is 27.8 Å². The Balaban J connectivity index is 1.75. The molecule has 1 heterocycles. The number of aromatic amines is 1. The minimum absolute atomic E-state index is 0.0681. The zero-order valence-corrected chi connectivity index (χ0v) is 15.7. The number of aliphatic hydroxyl groups excluding tert-OH is 1. The van der Waals surface area contributed by atoms with Crippen molar-refractivity contribution in [3.05, 3.63) is 47.5 Å². The molecule has 0 amide bonds. The maximum atomic E-state index is 12.2. The van der Waals surface area contributed by atoms with Crippen LogP contribution in [0, 0.1) is 11.3 Å². The zero-order chi connectivity index (χ0) is 19.0. The normalized spacial score (nSPS) is 33.0. The highest BCUT2D eigenvalue weighted by Gasteiger charge is 2.59. The van der Waals surface area contributed by atoms with Crippen LogP contribution < -0.4 is 0 Å². The molecule has 2 aliphatic carbocycles. The van der Waals surface area contributed by atoms with Crippen LogP contribution in [-0.2, 0) is 16.6 Å². The maximum absolute atomic E-state index is 12.2. The van der Waals surface area contributed by atoms with Gasteiger partial charge in [-0.15, -0.1) is 0 Å². The molecule has 2 unspecified atom stereocenters. The molecule has 3 aromatic rings. The smallest absolute Gasteiger partial charge is 0.312 e. The lowest BCUT2D eigenvalue weighted by atomic mass is 9.49. The summed E-state index contributed by atoms with van der Waals surface area (Å²) in [5, 5.41) is 23.0. The zero-order valence-electron chi connectivity index (χ0n) is 15.7. The van der Waals surface area contributed by atoms with Gasteiger partial charge in [-0.3, -0.25) is 4.79 Å². The molecule has 27 heavy (non-hydrogen) atoms. The molecule has 0 radical (unpaired) electrons. The summed E-state index contributed by atoms with van der Waals surface area (Å²) in [6, 6.07) is 12.9. The molecular formula is C23H25NO3. The number of nitrogens with one attached hydrogen (secondary N) is 1. The summed E-state index contributed by atoms with van der Waals surface area (Å²) < 4.78 is 0. The van der Waals surface area contributed by atoms with E-state index in [9.17, 15) is 15.0 Å². The number of aryl methyl sites for hydroxylation is 1. The second kappa shape index (κ2) is 5.35. The predicted molar refractivity (Wildman–Crippen MR) is 106 cm³/mol. The van der Waals surface area contributed by atoms with E-state index < -0.39 is 17.5 Å². The number of carboxylic acid groups (broad SMARTS) is 1. The van der Waals surface area contributed by atoms with Crippen LogP contribution in [0.4, 0.5) is 0 Å². The lowest BCUT2D eigenvalue weighted by Gasteiger charge is -2.55. The number of para-hydroxylation sites is 1. The van der Waals surface area contributed by atoms with Crippen molar-refractivity contribution in [1.82, 2.24) is 4.98 Å². The number of rotatable bonds is 1. The molecule has 0 aliphatic heterocycles. The van der Waals surface area contributed by atoms with Gasteiger partial charge in [0, 0.05) is 21.8 Å². The van der Waals surface area contributed by atoms with Gasteiger partial charge in [-0.1, -0.05) is 25.1 Å². The highest BCUT2D eigenvalue weighted by Crippen LogP contribution is 2.57. The van der Waals surface area contributed by atoms with Gasteiger partial charge in [-0.2, -0.15) is 0 Å². The first kappa shape index (κ1) is 16.8. The van der Waals surface area contributed by atoms with Crippen LogP contribution in [0.3, 0.4) is 0 Å². The van der Waals surface area contributed by atoms with Gasteiger partial charge in [-0.25, -0.2) is 0 Å². The molecule has 1 aromatic heterocycles. The molecular weight excluding hydrogens is 338 g/mol. The van der Waals surface area contributed by atoms with E-state index in [0.29, 0.717) is 6.42 Å². The molecule has 0 spiro atoms. The number of H-pyrrole nitrogens is 1. The van der Waals surface area contributed by atoms with Crippen LogP contribution in [-0.4, -0.2) is 27.3 Å². The summed E-state index contributed by atoms with van der Waals surface area (Å²) in [6.07, 6.45) is 2.22. The van der Waals surface area contributed by atoms with Crippen molar-refractivity contribution in [3.8, 4) is 0 Å². The number of carbonyl (C=O) groups is 1. The molecule has 0 bridgehead atoms. The Morgan fingerprint density at radius 2 is 1.89 bits per heavy atom. The third-order valence-corrected chi connectivity index (χ3v) is 7.63. The van der Waals surface area contributed by atoms with Gasteiger partial charge < -0.3 is 15.2 Å². The first-order valence-electron chi connectivity index (χ1n) is 9.81. The predicted octanol–water partition coefficient (Wildman–Crippen LogP) is 4.39. The van der Waals surface area contributed by atoms with Gasteiger partial charge in [0.05, 0.1) is 11.5 Å². The fourth-order valence-corrected chi connectivity index (χ4v) is 6.02. The number of hydrogen-bond acceptors (Lipinski definition) is 2. The fourth-order valence-electron chi connectivity index (χ4n) is 6.02. The third-order valence-electron chi connectivity index (χ3n) is 7.63. The molecule has 140 valence electrons. The lowest BCUT2D eigenvalue weighted by molar-refractivity contribution is -0.171. The minimum Gasteiger partial charge on any atom is -0.481 e. The third kappa shape index (κ3) is 2.05. The number of fused-ring (bicyclic) bond motifs is 6. The van der Waals surface area contributed by atoms with Gasteiger partial charge in [0.25, 0.3) is 0 Å². The number of aliphatic hydroxyl groups is 1. The molecule has 4 atom stereocenters. The van der Waals surface area contributed by atoms with Crippen LogP contribution in [0.5, 0.6) is 0 Å². The molecule has 4 nitrogen and oxygen atoms in total. The Hall–Kier alpha value is -2.33. The van der Waals surface area contributed by atoms with Crippen LogP contribution in [0.1, 0.15) is 44.2 Å². The maximum Gasteiger partial charge on any atom is 0.312 e. The van der Waals surface area contributed by atoms with Gasteiger partial charge >= 0.3 is 5.97 Å². The Labute approximate surface area is 158 Å². The molecule has 2 aliphatic rings. The van der Waals surface area contributed by atoms with Crippen LogP contribution in [0.15, 0.2) is 36.4 Å². The highest BCUT2D eigenvalue weighted by atomic mass is 16.4. The van der Waals surface area contributed by atoms with Gasteiger partial charge in [0.15, 0.2) is 0 Å². The van der Waals surface area contributed by atoms with E-state index in [4.69, 9.17) is 0 Å². The Morgan fingerprint density at radius 3 is 2.67 bits per heavy atom. The number of carboxylic acids is 1.